The number of piperidine rings is 1. The molecular formula is C19H28N2O2S. The van der Waals surface area contributed by atoms with Gasteiger partial charge >= 0.3 is 0 Å². The zero-order valence-electron chi connectivity index (χ0n) is 14.5. The number of hydrogen-bond acceptors (Lipinski definition) is 2. The third-order valence-corrected chi connectivity index (χ3v) is 8.38. The van der Waals surface area contributed by atoms with Crippen molar-refractivity contribution in [3.63, 3.8) is 0 Å². The van der Waals surface area contributed by atoms with Gasteiger partial charge in [0.2, 0.25) is 0 Å². The van der Waals surface area contributed by atoms with E-state index in [2.05, 4.69) is 19.1 Å². The van der Waals surface area contributed by atoms with Crippen LogP contribution < -0.4 is 0 Å². The molecule has 0 N–H and O–H groups in total. The largest absolute Gasteiger partial charge is 0.282 e. The van der Waals surface area contributed by atoms with Crippen molar-refractivity contribution in [3.8, 4) is 0 Å². The van der Waals surface area contributed by atoms with Crippen LogP contribution >= 0.6 is 0 Å². The lowest BCUT2D eigenvalue weighted by Crippen LogP contribution is -2.69. The van der Waals surface area contributed by atoms with Gasteiger partial charge in [0, 0.05) is 19.6 Å². The van der Waals surface area contributed by atoms with Crippen LogP contribution in [0.1, 0.15) is 51.0 Å². The van der Waals surface area contributed by atoms with Crippen molar-refractivity contribution < 1.29 is 8.42 Å². The lowest BCUT2D eigenvalue weighted by molar-refractivity contribution is -0.0551. The van der Waals surface area contributed by atoms with Crippen molar-refractivity contribution >= 4 is 10.2 Å². The van der Waals surface area contributed by atoms with Gasteiger partial charge in [0.05, 0.1) is 5.54 Å². The Morgan fingerprint density at radius 1 is 1.04 bits per heavy atom. The SMILES string of the molecule is CC1CCCN(S(=O)(=O)N2CC3CCCCC32c2ccccc2)C1. The molecule has 3 unspecified atom stereocenters. The molecule has 0 amide bonds. The minimum Gasteiger partial charge on any atom is -0.195 e. The first-order valence-electron chi connectivity index (χ1n) is 9.38. The molecule has 2 aliphatic heterocycles. The summed E-state index contributed by atoms with van der Waals surface area (Å²) in [4.78, 5) is 0. The fraction of sp³-hybridized carbons (Fsp3) is 0.684. The third kappa shape index (κ3) is 2.44. The monoisotopic (exact) mass is 348 g/mol. The lowest BCUT2D eigenvalue weighted by Gasteiger charge is -2.61. The summed E-state index contributed by atoms with van der Waals surface area (Å²) >= 11 is 0. The minimum absolute atomic E-state index is 0.293. The molecule has 1 aromatic carbocycles. The Balaban J connectivity index is 1.69. The Morgan fingerprint density at radius 2 is 1.83 bits per heavy atom. The number of rotatable bonds is 3. The van der Waals surface area contributed by atoms with Crippen LogP contribution in [0.5, 0.6) is 0 Å². The summed E-state index contributed by atoms with van der Waals surface area (Å²) in [6.45, 7) is 4.21. The summed E-state index contributed by atoms with van der Waals surface area (Å²) in [6, 6.07) is 10.4. The van der Waals surface area contributed by atoms with Gasteiger partial charge in [0.15, 0.2) is 0 Å². The van der Waals surface area contributed by atoms with Crippen molar-refractivity contribution in [1.29, 1.82) is 0 Å². The number of fused-ring (bicyclic) bond motifs is 1. The molecule has 3 fully saturated rings. The molecular weight excluding hydrogens is 320 g/mol. The summed E-state index contributed by atoms with van der Waals surface area (Å²) in [5.74, 6) is 0.940. The van der Waals surface area contributed by atoms with Crippen LogP contribution in [0.4, 0.5) is 0 Å². The second-order valence-corrected chi connectivity index (χ2v) is 9.73. The normalized spacial score (nSPS) is 35.2. The quantitative estimate of drug-likeness (QED) is 0.840. The first-order chi connectivity index (χ1) is 11.5. The maximum Gasteiger partial charge on any atom is 0.282 e. The van der Waals surface area contributed by atoms with E-state index in [1.807, 2.05) is 22.5 Å². The summed E-state index contributed by atoms with van der Waals surface area (Å²) < 4.78 is 30.4. The standard InChI is InChI=1S/C19H28N2O2S/c1-16-8-7-13-20(14-16)24(22,23)21-15-18-11-5-6-12-19(18,21)17-9-3-2-4-10-17/h2-4,9-10,16,18H,5-8,11-15H2,1H3. The smallest absolute Gasteiger partial charge is 0.195 e. The van der Waals surface area contributed by atoms with E-state index in [0.29, 0.717) is 31.5 Å². The Labute approximate surface area is 146 Å². The number of nitrogens with zero attached hydrogens (tertiary/aromatic N) is 2. The minimum atomic E-state index is -3.37. The van der Waals surface area contributed by atoms with E-state index in [0.717, 1.165) is 32.1 Å². The molecule has 1 aromatic rings. The maximum atomic E-state index is 13.4. The second kappa shape index (κ2) is 6.11. The van der Waals surface area contributed by atoms with E-state index in [1.165, 1.54) is 12.0 Å². The Hall–Kier alpha value is -0.910. The van der Waals surface area contributed by atoms with Gasteiger partial charge in [-0.3, -0.25) is 0 Å². The molecule has 2 saturated heterocycles. The molecule has 5 heteroatoms. The first-order valence-corrected chi connectivity index (χ1v) is 10.8. The van der Waals surface area contributed by atoms with Gasteiger partial charge in [-0.2, -0.15) is 17.0 Å². The molecule has 4 nitrogen and oxygen atoms in total. The molecule has 2 heterocycles. The average Bonchev–Trinajstić information content (AvgIpc) is 2.57. The van der Waals surface area contributed by atoms with Crippen LogP contribution in [-0.2, 0) is 15.7 Å². The Bertz CT molecular complexity index is 691. The summed E-state index contributed by atoms with van der Waals surface area (Å²) in [6.07, 6.45) is 6.58. The van der Waals surface area contributed by atoms with Crippen molar-refractivity contribution in [2.24, 2.45) is 11.8 Å². The molecule has 0 spiro atoms. The van der Waals surface area contributed by atoms with E-state index >= 15 is 0 Å². The molecule has 1 aliphatic carbocycles. The highest BCUT2D eigenvalue weighted by molar-refractivity contribution is 7.86. The Morgan fingerprint density at radius 3 is 2.54 bits per heavy atom. The highest BCUT2D eigenvalue weighted by Crippen LogP contribution is 2.55. The highest BCUT2D eigenvalue weighted by Gasteiger charge is 2.60. The van der Waals surface area contributed by atoms with E-state index < -0.39 is 10.2 Å². The molecule has 0 bridgehead atoms. The van der Waals surface area contributed by atoms with E-state index in [9.17, 15) is 8.42 Å². The Kier molecular flexibility index (Phi) is 4.22. The fourth-order valence-electron chi connectivity index (χ4n) is 5.10. The topological polar surface area (TPSA) is 40.6 Å². The number of benzene rings is 1. The van der Waals surface area contributed by atoms with Gasteiger partial charge in [0.25, 0.3) is 10.2 Å². The molecule has 3 atom stereocenters. The van der Waals surface area contributed by atoms with Crippen LogP contribution in [0.25, 0.3) is 0 Å². The molecule has 0 radical (unpaired) electrons. The van der Waals surface area contributed by atoms with Gasteiger partial charge in [-0.15, -0.1) is 0 Å². The van der Waals surface area contributed by atoms with Gasteiger partial charge in [-0.25, -0.2) is 0 Å². The predicted molar refractivity (Wildman–Crippen MR) is 95.7 cm³/mol. The fourth-order valence-corrected chi connectivity index (χ4v) is 7.30. The average molecular weight is 349 g/mol. The maximum absolute atomic E-state index is 13.4. The molecule has 132 valence electrons. The van der Waals surface area contributed by atoms with Crippen LogP contribution in [0.3, 0.4) is 0 Å². The first kappa shape index (κ1) is 16.6. The highest BCUT2D eigenvalue weighted by atomic mass is 32.2. The summed E-state index contributed by atoms with van der Waals surface area (Å²) in [5.41, 5.74) is 0.897. The van der Waals surface area contributed by atoms with Gasteiger partial charge in [-0.1, -0.05) is 50.1 Å². The van der Waals surface area contributed by atoms with Crippen molar-refractivity contribution in [1.82, 2.24) is 8.61 Å². The number of hydrogen-bond donors (Lipinski definition) is 0. The van der Waals surface area contributed by atoms with E-state index in [4.69, 9.17) is 0 Å². The van der Waals surface area contributed by atoms with Crippen molar-refractivity contribution in [2.45, 2.75) is 51.0 Å². The van der Waals surface area contributed by atoms with Gasteiger partial charge in [0.1, 0.15) is 0 Å². The van der Waals surface area contributed by atoms with E-state index in [1.54, 1.807) is 4.31 Å². The lowest BCUT2D eigenvalue weighted by atomic mass is 9.63. The summed E-state index contributed by atoms with van der Waals surface area (Å²) in [5, 5.41) is 0. The zero-order chi connectivity index (χ0) is 16.8. The van der Waals surface area contributed by atoms with E-state index in [-0.39, 0.29) is 5.54 Å². The third-order valence-electron chi connectivity index (χ3n) is 6.37. The van der Waals surface area contributed by atoms with Crippen LogP contribution in [0.2, 0.25) is 0 Å². The van der Waals surface area contributed by atoms with Crippen LogP contribution in [-0.4, -0.2) is 36.7 Å². The van der Waals surface area contributed by atoms with Crippen molar-refractivity contribution in [2.75, 3.05) is 19.6 Å². The van der Waals surface area contributed by atoms with Crippen LogP contribution in [0, 0.1) is 11.8 Å². The molecule has 3 aliphatic rings. The predicted octanol–water partition coefficient (Wildman–Crippen LogP) is 3.36. The van der Waals surface area contributed by atoms with Gasteiger partial charge in [-0.05, 0) is 43.1 Å². The van der Waals surface area contributed by atoms with Gasteiger partial charge < -0.3 is 0 Å². The molecule has 1 saturated carbocycles. The molecule has 0 aromatic heterocycles. The summed E-state index contributed by atoms with van der Waals surface area (Å²) in [7, 11) is -3.37. The zero-order valence-corrected chi connectivity index (χ0v) is 15.3. The second-order valence-electron chi connectivity index (χ2n) is 7.88. The van der Waals surface area contributed by atoms with Crippen LogP contribution in [0.15, 0.2) is 30.3 Å². The molecule has 24 heavy (non-hydrogen) atoms. The van der Waals surface area contributed by atoms with Crippen molar-refractivity contribution in [3.05, 3.63) is 35.9 Å². The molecule has 4 rings (SSSR count).